The van der Waals surface area contributed by atoms with E-state index in [2.05, 4.69) is 0 Å². The van der Waals surface area contributed by atoms with Crippen LogP contribution in [0.1, 0.15) is 16.7 Å². The van der Waals surface area contributed by atoms with Gasteiger partial charge in [-0.2, -0.15) is 0 Å². The normalized spacial score (nSPS) is 11.1. The Morgan fingerprint density at radius 3 is 1.74 bits per heavy atom. The van der Waals surface area contributed by atoms with Crippen LogP contribution < -0.4 is 14.2 Å². The third kappa shape index (κ3) is 7.13. The molecule has 3 aromatic carbocycles. The molecule has 0 saturated heterocycles. The Kier molecular flexibility index (Phi) is 9.10. The summed E-state index contributed by atoms with van der Waals surface area (Å²) in [6.45, 7) is 0. The van der Waals surface area contributed by atoms with Crippen molar-refractivity contribution in [1.29, 1.82) is 0 Å². The standard InChI is InChI=1S/C29H29NO8/c1-30(2)27(31)25(16-19-13-23(36-3)17-24(14-19)37-4)20-7-11-22(12-8-20)38-21-9-5-18(6-10-21)15-26(28(32)33)29(34)35/h5-14,16-17,26H,15H2,1-4H3,(H,32,33)(H,34,35). The van der Waals surface area contributed by atoms with Gasteiger partial charge >= 0.3 is 11.9 Å². The number of carboxylic acids is 2. The molecule has 0 aliphatic carbocycles. The maximum Gasteiger partial charge on any atom is 0.318 e. The second kappa shape index (κ2) is 12.4. The molecule has 2 N–H and O–H groups in total. The molecule has 3 rings (SSSR count). The number of carbonyl (C=O) groups is 3. The average molecular weight is 520 g/mol. The van der Waals surface area contributed by atoms with E-state index in [0.717, 1.165) is 5.56 Å². The monoisotopic (exact) mass is 519 g/mol. The number of amides is 1. The molecular formula is C29H29NO8. The summed E-state index contributed by atoms with van der Waals surface area (Å²) in [5.74, 6) is -2.25. The number of ether oxygens (including phenoxy) is 3. The lowest BCUT2D eigenvalue weighted by atomic mass is 9.99. The van der Waals surface area contributed by atoms with Gasteiger partial charge in [0.2, 0.25) is 0 Å². The van der Waals surface area contributed by atoms with E-state index in [-0.39, 0.29) is 12.3 Å². The summed E-state index contributed by atoms with van der Waals surface area (Å²) in [6.07, 6.45) is 1.64. The van der Waals surface area contributed by atoms with Crippen LogP contribution in [-0.4, -0.2) is 61.3 Å². The van der Waals surface area contributed by atoms with Crippen LogP contribution in [0.5, 0.6) is 23.0 Å². The van der Waals surface area contributed by atoms with E-state index in [0.29, 0.717) is 39.7 Å². The molecule has 0 heterocycles. The molecule has 9 heteroatoms. The van der Waals surface area contributed by atoms with Gasteiger partial charge in [0, 0.05) is 25.7 Å². The molecule has 0 fully saturated rings. The van der Waals surface area contributed by atoms with E-state index in [1.807, 2.05) is 12.1 Å². The van der Waals surface area contributed by atoms with E-state index in [4.69, 9.17) is 24.4 Å². The molecule has 198 valence electrons. The fourth-order valence-corrected chi connectivity index (χ4v) is 3.64. The van der Waals surface area contributed by atoms with E-state index in [1.54, 1.807) is 89.0 Å². The molecule has 0 spiro atoms. The summed E-state index contributed by atoms with van der Waals surface area (Å²) in [7, 11) is 6.48. The smallest absolute Gasteiger partial charge is 0.318 e. The third-order valence-corrected chi connectivity index (χ3v) is 5.68. The van der Waals surface area contributed by atoms with Gasteiger partial charge in [0.1, 0.15) is 23.0 Å². The Hall–Kier alpha value is -4.79. The summed E-state index contributed by atoms with van der Waals surface area (Å²) in [5, 5.41) is 18.1. The van der Waals surface area contributed by atoms with Crippen molar-refractivity contribution in [3.63, 3.8) is 0 Å². The zero-order chi connectivity index (χ0) is 27.8. The molecular weight excluding hydrogens is 490 g/mol. The van der Waals surface area contributed by atoms with Crippen molar-refractivity contribution < 1.29 is 38.8 Å². The van der Waals surface area contributed by atoms with Gasteiger partial charge < -0.3 is 29.3 Å². The van der Waals surface area contributed by atoms with Crippen molar-refractivity contribution in [2.24, 2.45) is 5.92 Å². The predicted molar refractivity (Wildman–Crippen MR) is 142 cm³/mol. The SMILES string of the molecule is COc1cc(C=C(C(=O)N(C)C)c2ccc(Oc3ccc(CC(C(=O)O)C(=O)O)cc3)cc2)cc(OC)c1. The fraction of sp³-hybridized carbons (Fsp3) is 0.207. The van der Waals surface area contributed by atoms with Crippen LogP contribution in [0.3, 0.4) is 0 Å². The van der Waals surface area contributed by atoms with Crippen LogP contribution >= 0.6 is 0 Å². The number of aliphatic carboxylic acids is 2. The Balaban J connectivity index is 1.82. The number of carboxylic acid groups (broad SMARTS) is 2. The first kappa shape index (κ1) is 27.8. The highest BCUT2D eigenvalue weighted by Crippen LogP contribution is 2.29. The van der Waals surface area contributed by atoms with Crippen molar-refractivity contribution in [2.45, 2.75) is 6.42 Å². The zero-order valence-corrected chi connectivity index (χ0v) is 21.5. The van der Waals surface area contributed by atoms with Crippen LogP contribution in [0.2, 0.25) is 0 Å². The Labute approximate surface area is 220 Å². The first-order chi connectivity index (χ1) is 18.1. The van der Waals surface area contributed by atoms with E-state index >= 15 is 0 Å². The van der Waals surface area contributed by atoms with Gasteiger partial charge in [-0.15, -0.1) is 0 Å². The molecule has 0 aliphatic rings. The Bertz CT molecular complexity index is 1290. The molecule has 0 aliphatic heterocycles. The van der Waals surface area contributed by atoms with Crippen molar-refractivity contribution in [3.05, 3.63) is 83.4 Å². The Morgan fingerprint density at radius 1 is 0.789 bits per heavy atom. The summed E-state index contributed by atoms with van der Waals surface area (Å²) in [6, 6.07) is 18.9. The summed E-state index contributed by atoms with van der Waals surface area (Å²) in [4.78, 5) is 36.8. The lowest BCUT2D eigenvalue weighted by molar-refractivity contribution is -0.154. The highest BCUT2D eigenvalue weighted by Gasteiger charge is 2.25. The second-order valence-corrected chi connectivity index (χ2v) is 8.61. The highest BCUT2D eigenvalue weighted by molar-refractivity contribution is 6.24. The maximum absolute atomic E-state index is 13.0. The van der Waals surface area contributed by atoms with Gasteiger partial charge in [-0.25, -0.2) is 0 Å². The molecule has 0 unspecified atom stereocenters. The minimum Gasteiger partial charge on any atom is -0.497 e. The van der Waals surface area contributed by atoms with Crippen LogP contribution in [0, 0.1) is 5.92 Å². The molecule has 0 atom stereocenters. The quantitative estimate of drug-likeness (QED) is 0.216. The highest BCUT2D eigenvalue weighted by atomic mass is 16.5. The van der Waals surface area contributed by atoms with Crippen molar-refractivity contribution in [1.82, 2.24) is 4.90 Å². The number of benzene rings is 3. The fourth-order valence-electron chi connectivity index (χ4n) is 3.64. The molecule has 3 aromatic rings. The van der Waals surface area contributed by atoms with E-state index < -0.39 is 17.9 Å². The third-order valence-electron chi connectivity index (χ3n) is 5.68. The predicted octanol–water partition coefficient (Wildman–Crippen LogP) is 4.45. The van der Waals surface area contributed by atoms with Gasteiger partial charge in [-0.3, -0.25) is 14.4 Å². The summed E-state index contributed by atoms with van der Waals surface area (Å²) < 4.78 is 16.6. The van der Waals surface area contributed by atoms with Gasteiger partial charge in [0.25, 0.3) is 5.91 Å². The van der Waals surface area contributed by atoms with Gasteiger partial charge in [0.15, 0.2) is 5.92 Å². The first-order valence-electron chi connectivity index (χ1n) is 11.6. The van der Waals surface area contributed by atoms with Crippen molar-refractivity contribution >= 4 is 29.5 Å². The number of hydrogen-bond acceptors (Lipinski definition) is 6. The number of methoxy groups -OCH3 is 2. The lowest BCUT2D eigenvalue weighted by Crippen LogP contribution is -2.25. The molecule has 1 amide bonds. The lowest BCUT2D eigenvalue weighted by Gasteiger charge is -2.15. The number of likely N-dealkylation sites (N-methyl/N-ethyl adjacent to an activating group) is 1. The van der Waals surface area contributed by atoms with Crippen molar-refractivity contribution in [3.8, 4) is 23.0 Å². The summed E-state index contributed by atoms with van der Waals surface area (Å²) >= 11 is 0. The molecule has 0 bridgehead atoms. The molecule has 0 aromatic heterocycles. The number of nitrogens with zero attached hydrogens (tertiary/aromatic N) is 1. The zero-order valence-electron chi connectivity index (χ0n) is 21.5. The molecule has 0 radical (unpaired) electrons. The van der Waals surface area contributed by atoms with Gasteiger partial charge in [-0.1, -0.05) is 24.3 Å². The molecule has 9 nitrogen and oxygen atoms in total. The van der Waals surface area contributed by atoms with Crippen molar-refractivity contribution in [2.75, 3.05) is 28.3 Å². The van der Waals surface area contributed by atoms with E-state index in [1.165, 1.54) is 4.90 Å². The minimum absolute atomic E-state index is 0.131. The average Bonchev–Trinajstić information content (AvgIpc) is 2.90. The second-order valence-electron chi connectivity index (χ2n) is 8.61. The van der Waals surface area contributed by atoms with Crippen LogP contribution in [0.15, 0.2) is 66.7 Å². The topological polar surface area (TPSA) is 123 Å². The molecule has 0 saturated carbocycles. The van der Waals surface area contributed by atoms with Gasteiger partial charge in [-0.05, 0) is 65.6 Å². The largest absolute Gasteiger partial charge is 0.497 e. The van der Waals surface area contributed by atoms with Crippen LogP contribution in [0.25, 0.3) is 11.6 Å². The van der Waals surface area contributed by atoms with Crippen LogP contribution in [0.4, 0.5) is 0 Å². The van der Waals surface area contributed by atoms with E-state index in [9.17, 15) is 14.4 Å². The summed E-state index contributed by atoms with van der Waals surface area (Å²) in [5.41, 5.74) is 2.45. The number of carbonyl (C=O) groups excluding carboxylic acids is 1. The maximum atomic E-state index is 13.0. The molecule has 38 heavy (non-hydrogen) atoms. The Morgan fingerprint density at radius 2 is 1.29 bits per heavy atom. The van der Waals surface area contributed by atoms with Gasteiger partial charge in [0.05, 0.1) is 14.2 Å². The number of rotatable bonds is 11. The number of hydrogen-bond donors (Lipinski definition) is 2. The first-order valence-corrected chi connectivity index (χ1v) is 11.6. The minimum atomic E-state index is -1.51. The van der Waals surface area contributed by atoms with Crippen LogP contribution in [-0.2, 0) is 20.8 Å².